The Morgan fingerprint density at radius 1 is 1.47 bits per heavy atom. The highest BCUT2D eigenvalue weighted by Crippen LogP contribution is 2.38. The third-order valence-corrected chi connectivity index (χ3v) is 3.16. The number of carbonyl (C=O) groups is 1. The molecule has 1 aliphatic carbocycles. The van der Waals surface area contributed by atoms with Gasteiger partial charge in [-0.1, -0.05) is 30.3 Å². The van der Waals surface area contributed by atoms with Gasteiger partial charge >= 0.3 is 0 Å². The lowest BCUT2D eigenvalue weighted by molar-refractivity contribution is -0.140. The van der Waals surface area contributed by atoms with E-state index < -0.39 is 5.54 Å². The van der Waals surface area contributed by atoms with Gasteiger partial charge in [0.1, 0.15) is 0 Å². The second-order valence-corrected chi connectivity index (χ2v) is 4.76. The number of rotatable bonds is 5. The van der Waals surface area contributed by atoms with E-state index in [1.165, 1.54) is 0 Å². The summed E-state index contributed by atoms with van der Waals surface area (Å²) >= 11 is 0. The summed E-state index contributed by atoms with van der Waals surface area (Å²) in [5, 5.41) is 0. The van der Waals surface area contributed by atoms with Crippen molar-refractivity contribution in [1.29, 1.82) is 0 Å². The van der Waals surface area contributed by atoms with Crippen LogP contribution >= 0.6 is 0 Å². The second kappa shape index (κ2) is 4.85. The van der Waals surface area contributed by atoms with Crippen molar-refractivity contribution in [3.8, 4) is 0 Å². The molecule has 2 rings (SSSR count). The highest BCUT2D eigenvalue weighted by molar-refractivity contribution is 5.85. The van der Waals surface area contributed by atoms with Crippen molar-refractivity contribution in [2.45, 2.75) is 31.9 Å². The van der Waals surface area contributed by atoms with Gasteiger partial charge in [-0.05, 0) is 31.2 Å². The zero-order valence-electron chi connectivity index (χ0n) is 9.98. The van der Waals surface area contributed by atoms with Gasteiger partial charge in [-0.25, -0.2) is 5.48 Å². The first kappa shape index (κ1) is 12.1. The second-order valence-electron chi connectivity index (χ2n) is 4.76. The largest absolute Gasteiger partial charge is 0.317 e. The fourth-order valence-corrected chi connectivity index (χ4v) is 1.74. The van der Waals surface area contributed by atoms with Crippen LogP contribution in [0, 0.1) is 5.92 Å². The van der Waals surface area contributed by atoms with Gasteiger partial charge in [-0.2, -0.15) is 0 Å². The van der Waals surface area contributed by atoms with Crippen LogP contribution in [0.25, 0.3) is 0 Å². The molecule has 3 N–H and O–H groups in total. The van der Waals surface area contributed by atoms with Crippen LogP contribution in [0.3, 0.4) is 0 Å². The molecule has 1 unspecified atom stereocenters. The lowest BCUT2D eigenvalue weighted by Crippen LogP contribution is -2.53. The molecule has 1 amide bonds. The van der Waals surface area contributed by atoms with E-state index in [1.807, 2.05) is 30.3 Å². The van der Waals surface area contributed by atoms with Crippen molar-refractivity contribution in [2.24, 2.45) is 11.7 Å². The topological polar surface area (TPSA) is 64.4 Å². The molecular weight excluding hydrogens is 216 g/mol. The molecule has 4 nitrogen and oxygen atoms in total. The predicted octanol–water partition coefficient (Wildman–Crippen LogP) is 1.36. The Morgan fingerprint density at radius 2 is 2.12 bits per heavy atom. The van der Waals surface area contributed by atoms with Crippen molar-refractivity contribution in [3.63, 3.8) is 0 Å². The molecule has 4 heteroatoms. The summed E-state index contributed by atoms with van der Waals surface area (Å²) in [6, 6.07) is 9.67. The maximum Gasteiger partial charge on any atom is 0.263 e. The van der Waals surface area contributed by atoms with Gasteiger partial charge in [0.15, 0.2) is 0 Å². The molecule has 1 aliphatic rings. The predicted molar refractivity (Wildman–Crippen MR) is 64.7 cm³/mol. The average molecular weight is 234 g/mol. The highest BCUT2D eigenvalue weighted by atomic mass is 16.6. The van der Waals surface area contributed by atoms with Crippen LogP contribution in [-0.4, -0.2) is 11.4 Å². The van der Waals surface area contributed by atoms with Crippen LogP contribution in [-0.2, 0) is 16.2 Å². The number of benzene rings is 1. The quantitative estimate of drug-likeness (QED) is 0.756. The standard InChI is InChI=1S/C13H18N2O2/c1-13(14,11-7-8-11)12(16)15-17-9-10-5-3-2-4-6-10/h2-6,11H,7-9,14H2,1H3,(H,15,16). The molecule has 92 valence electrons. The lowest BCUT2D eigenvalue weighted by atomic mass is 9.97. The highest BCUT2D eigenvalue weighted by Gasteiger charge is 2.44. The van der Waals surface area contributed by atoms with E-state index in [2.05, 4.69) is 5.48 Å². The summed E-state index contributed by atoms with van der Waals surface area (Å²) in [7, 11) is 0. The van der Waals surface area contributed by atoms with Crippen LogP contribution in [0.4, 0.5) is 0 Å². The first-order valence-corrected chi connectivity index (χ1v) is 5.86. The minimum Gasteiger partial charge on any atom is -0.317 e. The summed E-state index contributed by atoms with van der Waals surface area (Å²) in [5.74, 6) is 0.0544. The van der Waals surface area contributed by atoms with Gasteiger partial charge in [0.2, 0.25) is 0 Å². The van der Waals surface area contributed by atoms with Gasteiger partial charge in [-0.15, -0.1) is 0 Å². The fraction of sp³-hybridized carbons (Fsp3) is 0.462. The molecule has 0 spiro atoms. The molecule has 1 aromatic carbocycles. The Morgan fingerprint density at radius 3 is 2.71 bits per heavy atom. The Labute approximate surface area is 101 Å². The summed E-state index contributed by atoms with van der Waals surface area (Å²) in [5.41, 5.74) is 8.58. The van der Waals surface area contributed by atoms with Crippen LogP contribution < -0.4 is 11.2 Å². The molecule has 0 aromatic heterocycles. The molecule has 0 saturated heterocycles. The van der Waals surface area contributed by atoms with Gasteiger partial charge in [-0.3, -0.25) is 9.63 Å². The van der Waals surface area contributed by atoms with Gasteiger partial charge in [0, 0.05) is 0 Å². The zero-order valence-corrected chi connectivity index (χ0v) is 9.98. The van der Waals surface area contributed by atoms with Crippen molar-refractivity contribution in [2.75, 3.05) is 0 Å². The smallest absolute Gasteiger partial charge is 0.263 e. The summed E-state index contributed by atoms with van der Waals surface area (Å²) < 4.78 is 0. The van der Waals surface area contributed by atoms with E-state index in [0.717, 1.165) is 18.4 Å². The van der Waals surface area contributed by atoms with E-state index in [4.69, 9.17) is 10.6 Å². The van der Waals surface area contributed by atoms with Crippen molar-refractivity contribution < 1.29 is 9.63 Å². The van der Waals surface area contributed by atoms with Crippen molar-refractivity contribution in [1.82, 2.24) is 5.48 Å². The summed E-state index contributed by atoms with van der Waals surface area (Å²) in [6.45, 7) is 2.11. The first-order valence-electron chi connectivity index (χ1n) is 5.86. The van der Waals surface area contributed by atoms with Crippen molar-refractivity contribution >= 4 is 5.91 Å². The van der Waals surface area contributed by atoms with Gasteiger partial charge in [0.25, 0.3) is 5.91 Å². The molecule has 1 fully saturated rings. The van der Waals surface area contributed by atoms with Crippen LogP contribution in [0.2, 0.25) is 0 Å². The number of amides is 1. The number of hydroxylamine groups is 1. The molecule has 1 aromatic rings. The average Bonchev–Trinajstić information content (AvgIpc) is 3.14. The minimum absolute atomic E-state index is 0.240. The van der Waals surface area contributed by atoms with Crippen molar-refractivity contribution in [3.05, 3.63) is 35.9 Å². The Kier molecular flexibility index (Phi) is 3.45. The van der Waals surface area contributed by atoms with Gasteiger partial charge in [0.05, 0.1) is 12.1 Å². The number of hydrogen-bond donors (Lipinski definition) is 2. The number of hydrogen-bond acceptors (Lipinski definition) is 3. The third-order valence-electron chi connectivity index (χ3n) is 3.16. The molecule has 1 atom stereocenters. The monoisotopic (exact) mass is 234 g/mol. The van der Waals surface area contributed by atoms with Crippen LogP contribution in [0.15, 0.2) is 30.3 Å². The molecule has 0 aliphatic heterocycles. The summed E-state index contributed by atoms with van der Waals surface area (Å²) in [4.78, 5) is 16.9. The fourth-order valence-electron chi connectivity index (χ4n) is 1.74. The number of carbonyl (C=O) groups excluding carboxylic acids is 1. The summed E-state index contributed by atoms with van der Waals surface area (Å²) in [6.07, 6.45) is 2.05. The maximum atomic E-state index is 11.8. The molecular formula is C13H18N2O2. The van der Waals surface area contributed by atoms with Crippen LogP contribution in [0.5, 0.6) is 0 Å². The van der Waals surface area contributed by atoms with E-state index in [0.29, 0.717) is 12.5 Å². The minimum atomic E-state index is -0.809. The zero-order chi connectivity index (χ0) is 12.3. The third kappa shape index (κ3) is 3.05. The number of nitrogens with one attached hydrogen (secondary N) is 1. The van der Waals surface area contributed by atoms with E-state index >= 15 is 0 Å². The maximum absolute atomic E-state index is 11.8. The SMILES string of the molecule is CC(N)(C(=O)NOCc1ccccc1)C1CC1. The lowest BCUT2D eigenvalue weighted by Gasteiger charge is -2.22. The first-order chi connectivity index (χ1) is 8.10. The van der Waals surface area contributed by atoms with Crippen LogP contribution in [0.1, 0.15) is 25.3 Å². The molecule has 0 radical (unpaired) electrons. The molecule has 1 saturated carbocycles. The molecule has 17 heavy (non-hydrogen) atoms. The molecule has 0 heterocycles. The normalized spacial score (nSPS) is 18.5. The number of nitrogens with two attached hydrogens (primary N) is 1. The Bertz CT molecular complexity index is 386. The molecule has 0 bridgehead atoms. The van der Waals surface area contributed by atoms with Gasteiger partial charge < -0.3 is 5.73 Å². The van der Waals surface area contributed by atoms with E-state index in [9.17, 15) is 4.79 Å². The Balaban J connectivity index is 1.77. The van der Waals surface area contributed by atoms with E-state index in [-0.39, 0.29) is 5.91 Å². The Hall–Kier alpha value is -1.39. The van der Waals surface area contributed by atoms with E-state index in [1.54, 1.807) is 6.92 Å².